The number of ether oxygens (including phenoxy) is 1. The molecule has 0 aliphatic carbocycles. The van der Waals surface area contributed by atoms with Crippen LogP contribution in [0.25, 0.3) is 22.0 Å². The van der Waals surface area contributed by atoms with E-state index in [2.05, 4.69) is 15.1 Å². The summed E-state index contributed by atoms with van der Waals surface area (Å²) in [5.41, 5.74) is 1.70. The minimum Gasteiger partial charge on any atom is -0.451 e. The second-order valence-corrected chi connectivity index (χ2v) is 6.36. The molecule has 0 radical (unpaired) electrons. The molecule has 0 saturated heterocycles. The average Bonchev–Trinajstić information content (AvgIpc) is 3.37. The fourth-order valence-electron chi connectivity index (χ4n) is 2.31. The molecule has 0 amide bonds. The van der Waals surface area contributed by atoms with Crippen molar-refractivity contribution < 1.29 is 18.4 Å². The van der Waals surface area contributed by atoms with Crippen LogP contribution < -0.4 is 0 Å². The minimum atomic E-state index is -0.598. The summed E-state index contributed by atoms with van der Waals surface area (Å²) in [6, 6.07) is 15.2. The van der Waals surface area contributed by atoms with Gasteiger partial charge in [-0.2, -0.15) is 4.98 Å². The second-order valence-electron chi connectivity index (χ2n) is 5.50. The molecule has 6 nitrogen and oxygen atoms in total. The van der Waals surface area contributed by atoms with Crippen molar-refractivity contribution in [3.63, 3.8) is 0 Å². The van der Waals surface area contributed by atoms with Gasteiger partial charge in [-0.25, -0.2) is 14.2 Å². The standard InChI is InChI=1S/C19H12FN3O3S/c20-14-8-6-13(7-9-14)18-21-15(11-27-18)19(24)25-10-16-22-17(23-26-16)12-4-2-1-3-5-12/h1-9,11H,10H2. The largest absolute Gasteiger partial charge is 0.451 e. The number of aromatic nitrogens is 3. The molecular formula is C19H12FN3O3S. The first-order valence-corrected chi connectivity index (χ1v) is 8.83. The maximum Gasteiger partial charge on any atom is 0.358 e. The lowest BCUT2D eigenvalue weighted by molar-refractivity contribution is 0.0424. The van der Waals surface area contributed by atoms with Gasteiger partial charge in [0, 0.05) is 16.5 Å². The van der Waals surface area contributed by atoms with Crippen LogP contribution in [0.3, 0.4) is 0 Å². The number of thiazole rings is 1. The van der Waals surface area contributed by atoms with Crippen molar-refractivity contribution in [3.05, 3.63) is 77.4 Å². The van der Waals surface area contributed by atoms with Crippen LogP contribution >= 0.6 is 11.3 Å². The van der Waals surface area contributed by atoms with Gasteiger partial charge in [0.25, 0.3) is 5.89 Å². The molecule has 0 bridgehead atoms. The van der Waals surface area contributed by atoms with Gasteiger partial charge in [-0.15, -0.1) is 11.3 Å². The summed E-state index contributed by atoms with van der Waals surface area (Å²) in [4.78, 5) is 20.6. The lowest BCUT2D eigenvalue weighted by Gasteiger charge is -1.98. The molecule has 2 aromatic carbocycles. The Hall–Kier alpha value is -3.39. The lowest BCUT2D eigenvalue weighted by Crippen LogP contribution is -2.05. The number of carbonyl (C=O) groups is 1. The SMILES string of the molecule is O=C(OCc1nc(-c2ccccc2)no1)c1csc(-c2ccc(F)cc2)n1. The zero-order valence-electron chi connectivity index (χ0n) is 13.8. The number of hydrogen-bond acceptors (Lipinski definition) is 7. The van der Waals surface area contributed by atoms with Gasteiger partial charge >= 0.3 is 5.97 Å². The van der Waals surface area contributed by atoms with Gasteiger partial charge in [-0.05, 0) is 24.3 Å². The maximum absolute atomic E-state index is 13.0. The van der Waals surface area contributed by atoms with Crippen LogP contribution in [0.2, 0.25) is 0 Å². The summed E-state index contributed by atoms with van der Waals surface area (Å²) >= 11 is 1.27. The molecule has 0 atom stereocenters. The Morgan fingerprint density at radius 1 is 1.04 bits per heavy atom. The minimum absolute atomic E-state index is 0.151. The molecule has 4 aromatic rings. The van der Waals surface area contributed by atoms with Crippen molar-refractivity contribution in [1.29, 1.82) is 0 Å². The Morgan fingerprint density at radius 3 is 2.59 bits per heavy atom. The molecule has 2 heterocycles. The summed E-state index contributed by atoms with van der Waals surface area (Å²) in [5, 5.41) is 6.06. The van der Waals surface area contributed by atoms with Crippen molar-refractivity contribution >= 4 is 17.3 Å². The Balaban J connectivity index is 1.40. The quantitative estimate of drug-likeness (QED) is 0.478. The Labute approximate surface area is 157 Å². The van der Waals surface area contributed by atoms with Gasteiger partial charge in [0.05, 0.1) is 0 Å². The van der Waals surface area contributed by atoms with E-state index < -0.39 is 5.97 Å². The van der Waals surface area contributed by atoms with Crippen molar-refractivity contribution in [2.45, 2.75) is 6.61 Å². The summed E-state index contributed by atoms with van der Waals surface area (Å²) in [7, 11) is 0. The van der Waals surface area contributed by atoms with Crippen LogP contribution in [0.5, 0.6) is 0 Å². The third-order valence-electron chi connectivity index (χ3n) is 3.63. The number of esters is 1. The topological polar surface area (TPSA) is 78.1 Å². The molecule has 0 aliphatic heterocycles. The summed E-state index contributed by atoms with van der Waals surface area (Å²) in [5.74, 6) is -0.312. The second kappa shape index (κ2) is 7.46. The van der Waals surface area contributed by atoms with Gasteiger partial charge in [0.1, 0.15) is 10.8 Å². The smallest absolute Gasteiger partial charge is 0.358 e. The maximum atomic E-state index is 13.0. The van der Waals surface area contributed by atoms with Crippen LogP contribution in [0.15, 0.2) is 64.5 Å². The van der Waals surface area contributed by atoms with E-state index in [0.29, 0.717) is 10.8 Å². The van der Waals surface area contributed by atoms with E-state index in [4.69, 9.17) is 9.26 Å². The number of carbonyl (C=O) groups excluding carboxylic acids is 1. The number of halogens is 1. The third kappa shape index (κ3) is 3.90. The first-order valence-electron chi connectivity index (χ1n) is 7.95. The fraction of sp³-hybridized carbons (Fsp3) is 0.0526. The molecule has 4 rings (SSSR count). The van der Waals surface area contributed by atoms with Crippen molar-refractivity contribution in [3.8, 4) is 22.0 Å². The van der Waals surface area contributed by atoms with Crippen LogP contribution in [-0.4, -0.2) is 21.1 Å². The van der Waals surface area contributed by atoms with Gasteiger partial charge in [-0.1, -0.05) is 35.5 Å². The highest BCUT2D eigenvalue weighted by molar-refractivity contribution is 7.13. The summed E-state index contributed by atoms with van der Waals surface area (Å²) < 4.78 is 23.3. The zero-order valence-corrected chi connectivity index (χ0v) is 14.6. The summed E-state index contributed by atoms with van der Waals surface area (Å²) in [6.07, 6.45) is 0. The molecule has 2 aromatic heterocycles. The molecule has 0 N–H and O–H groups in total. The molecular weight excluding hydrogens is 369 g/mol. The van der Waals surface area contributed by atoms with Crippen molar-refractivity contribution in [2.75, 3.05) is 0 Å². The van der Waals surface area contributed by atoms with Crippen LogP contribution in [0, 0.1) is 5.82 Å². The highest BCUT2D eigenvalue weighted by atomic mass is 32.1. The van der Waals surface area contributed by atoms with E-state index >= 15 is 0 Å². The number of benzene rings is 2. The van der Waals surface area contributed by atoms with Gasteiger partial charge in [0.15, 0.2) is 12.3 Å². The molecule has 27 heavy (non-hydrogen) atoms. The first kappa shape index (κ1) is 17.0. The van der Waals surface area contributed by atoms with E-state index in [-0.39, 0.29) is 24.0 Å². The molecule has 0 aliphatic rings. The summed E-state index contributed by atoms with van der Waals surface area (Å²) in [6.45, 7) is -0.151. The number of rotatable bonds is 5. The average molecular weight is 381 g/mol. The predicted molar refractivity (Wildman–Crippen MR) is 96.4 cm³/mol. The van der Waals surface area contributed by atoms with Crippen LogP contribution in [0.1, 0.15) is 16.4 Å². The number of nitrogens with zero attached hydrogens (tertiary/aromatic N) is 3. The first-order chi connectivity index (χ1) is 13.2. The van der Waals surface area contributed by atoms with Gasteiger partial charge in [0.2, 0.25) is 5.82 Å². The van der Waals surface area contributed by atoms with Crippen molar-refractivity contribution in [1.82, 2.24) is 15.1 Å². The Morgan fingerprint density at radius 2 is 1.81 bits per heavy atom. The fourth-order valence-corrected chi connectivity index (χ4v) is 3.11. The van der Waals surface area contributed by atoms with E-state index in [1.54, 1.807) is 17.5 Å². The predicted octanol–water partition coefficient (Wildman–Crippen LogP) is 4.36. The molecule has 0 fully saturated rings. The third-order valence-corrected chi connectivity index (χ3v) is 4.52. The lowest BCUT2D eigenvalue weighted by atomic mass is 10.2. The molecule has 134 valence electrons. The van der Waals surface area contributed by atoms with Gasteiger partial charge in [-0.3, -0.25) is 0 Å². The van der Waals surface area contributed by atoms with Crippen LogP contribution in [0.4, 0.5) is 4.39 Å². The van der Waals surface area contributed by atoms with E-state index in [1.807, 2.05) is 30.3 Å². The molecule has 0 spiro atoms. The van der Waals surface area contributed by atoms with Crippen LogP contribution in [-0.2, 0) is 11.3 Å². The monoisotopic (exact) mass is 381 g/mol. The zero-order chi connectivity index (χ0) is 18.6. The van der Waals surface area contributed by atoms with E-state index in [0.717, 1.165) is 11.1 Å². The molecule has 0 saturated carbocycles. The van der Waals surface area contributed by atoms with E-state index in [1.165, 1.54) is 23.5 Å². The van der Waals surface area contributed by atoms with Crippen molar-refractivity contribution in [2.24, 2.45) is 0 Å². The normalized spacial score (nSPS) is 10.7. The van der Waals surface area contributed by atoms with E-state index in [9.17, 15) is 9.18 Å². The highest BCUT2D eigenvalue weighted by Crippen LogP contribution is 2.24. The Bertz CT molecular complexity index is 1060. The molecule has 0 unspecified atom stereocenters. The van der Waals surface area contributed by atoms with Gasteiger partial charge < -0.3 is 9.26 Å². The number of hydrogen-bond donors (Lipinski definition) is 0. The Kier molecular flexibility index (Phi) is 4.71. The highest BCUT2D eigenvalue weighted by Gasteiger charge is 2.16. The molecule has 8 heteroatoms.